The first-order chi connectivity index (χ1) is 9.96. The lowest BCUT2D eigenvalue weighted by Gasteiger charge is -2.52. The molecular weight excluding hydrogens is 266 g/mol. The van der Waals surface area contributed by atoms with Crippen LogP contribution in [-0.4, -0.2) is 80.2 Å². The van der Waals surface area contributed by atoms with Crippen molar-refractivity contribution in [3.8, 4) is 0 Å². The Hall–Kier alpha value is -0.200. The number of piperazine rings is 1. The lowest BCUT2D eigenvalue weighted by molar-refractivity contribution is -0.196. The lowest BCUT2D eigenvalue weighted by Crippen LogP contribution is -2.65. The van der Waals surface area contributed by atoms with E-state index in [2.05, 4.69) is 43.1 Å². The van der Waals surface area contributed by atoms with Crippen molar-refractivity contribution in [2.45, 2.75) is 56.5 Å². The Morgan fingerprint density at radius 2 is 1.86 bits per heavy atom. The van der Waals surface area contributed by atoms with Crippen molar-refractivity contribution in [2.24, 2.45) is 0 Å². The first kappa shape index (κ1) is 15.7. The van der Waals surface area contributed by atoms with Crippen molar-refractivity contribution in [3.63, 3.8) is 0 Å². The summed E-state index contributed by atoms with van der Waals surface area (Å²) in [7, 11) is 4.33. The average Bonchev–Trinajstić information content (AvgIpc) is 2.90. The Morgan fingerprint density at radius 3 is 2.48 bits per heavy atom. The van der Waals surface area contributed by atoms with Gasteiger partial charge in [0.1, 0.15) is 0 Å². The second-order valence-electron chi connectivity index (χ2n) is 7.52. The molecule has 1 N–H and O–H groups in total. The highest BCUT2D eigenvalue weighted by Gasteiger charge is 2.48. The maximum Gasteiger partial charge on any atom is 0.170 e. The largest absolute Gasteiger partial charge is 0.347 e. The zero-order chi connectivity index (χ0) is 15.1. The molecule has 0 aromatic heterocycles. The van der Waals surface area contributed by atoms with Crippen molar-refractivity contribution >= 4 is 0 Å². The molecule has 0 amide bonds. The highest BCUT2D eigenvalue weighted by Crippen LogP contribution is 2.38. The molecule has 1 spiro atoms. The number of rotatable bonds is 2. The van der Waals surface area contributed by atoms with Crippen molar-refractivity contribution < 1.29 is 9.47 Å². The van der Waals surface area contributed by atoms with Gasteiger partial charge in [0, 0.05) is 50.1 Å². The Bertz CT molecular complexity index is 369. The summed E-state index contributed by atoms with van der Waals surface area (Å²) in [6.45, 7) is 9.58. The predicted octanol–water partition coefficient (Wildman–Crippen LogP) is 0.896. The van der Waals surface area contributed by atoms with Gasteiger partial charge in [-0.05, 0) is 34.4 Å². The van der Waals surface area contributed by atoms with Crippen LogP contribution in [0.15, 0.2) is 0 Å². The molecule has 0 aromatic carbocycles. The SMILES string of the molecule is CNC1CCC2(CC1N1CCN(C)C(C)(C)C1)OCCO2. The number of hydrogen-bond acceptors (Lipinski definition) is 5. The summed E-state index contributed by atoms with van der Waals surface area (Å²) in [6.07, 6.45) is 3.15. The van der Waals surface area contributed by atoms with Gasteiger partial charge in [-0.3, -0.25) is 9.80 Å². The first-order valence-electron chi connectivity index (χ1n) is 8.36. The maximum atomic E-state index is 5.98. The van der Waals surface area contributed by atoms with Gasteiger partial charge in [-0.1, -0.05) is 0 Å². The topological polar surface area (TPSA) is 37.0 Å². The fourth-order valence-electron chi connectivity index (χ4n) is 4.17. The first-order valence-corrected chi connectivity index (χ1v) is 8.36. The van der Waals surface area contributed by atoms with Crippen LogP contribution in [0.1, 0.15) is 33.1 Å². The maximum absolute atomic E-state index is 5.98. The number of nitrogens with one attached hydrogen (secondary N) is 1. The van der Waals surface area contributed by atoms with E-state index < -0.39 is 0 Å². The van der Waals surface area contributed by atoms with Crippen LogP contribution >= 0.6 is 0 Å². The van der Waals surface area contributed by atoms with E-state index in [0.29, 0.717) is 12.1 Å². The summed E-state index contributed by atoms with van der Waals surface area (Å²) in [4.78, 5) is 5.13. The van der Waals surface area contributed by atoms with Crippen molar-refractivity contribution in [3.05, 3.63) is 0 Å². The van der Waals surface area contributed by atoms with Crippen LogP contribution in [0.5, 0.6) is 0 Å². The molecule has 2 saturated heterocycles. The molecule has 122 valence electrons. The molecule has 0 bridgehead atoms. The Balaban J connectivity index is 1.74. The molecule has 2 aliphatic heterocycles. The van der Waals surface area contributed by atoms with Crippen LogP contribution in [0, 0.1) is 0 Å². The fourth-order valence-corrected chi connectivity index (χ4v) is 4.17. The molecule has 5 heteroatoms. The molecular formula is C16H31N3O2. The normalized spacial score (nSPS) is 37.1. The highest BCUT2D eigenvalue weighted by atomic mass is 16.7. The van der Waals surface area contributed by atoms with E-state index in [-0.39, 0.29) is 11.3 Å². The van der Waals surface area contributed by atoms with Gasteiger partial charge in [-0.2, -0.15) is 0 Å². The third kappa shape index (κ3) is 2.99. The van der Waals surface area contributed by atoms with E-state index in [0.717, 1.165) is 52.1 Å². The molecule has 5 nitrogen and oxygen atoms in total. The van der Waals surface area contributed by atoms with Crippen molar-refractivity contribution in [2.75, 3.05) is 46.9 Å². The van der Waals surface area contributed by atoms with Gasteiger partial charge in [0.25, 0.3) is 0 Å². The van der Waals surface area contributed by atoms with Gasteiger partial charge in [0.05, 0.1) is 13.2 Å². The van der Waals surface area contributed by atoms with Gasteiger partial charge in [-0.15, -0.1) is 0 Å². The molecule has 3 aliphatic rings. The van der Waals surface area contributed by atoms with E-state index >= 15 is 0 Å². The zero-order valence-corrected chi connectivity index (χ0v) is 14.0. The summed E-state index contributed by atoms with van der Waals surface area (Å²) in [5.41, 5.74) is 0.235. The fraction of sp³-hybridized carbons (Fsp3) is 1.00. The van der Waals surface area contributed by atoms with E-state index in [4.69, 9.17) is 9.47 Å². The number of likely N-dealkylation sites (N-methyl/N-ethyl adjacent to an activating group) is 2. The molecule has 3 fully saturated rings. The van der Waals surface area contributed by atoms with Crippen LogP contribution in [0.3, 0.4) is 0 Å². The molecule has 2 unspecified atom stereocenters. The molecule has 1 saturated carbocycles. The number of nitrogens with zero attached hydrogens (tertiary/aromatic N) is 2. The van der Waals surface area contributed by atoms with Gasteiger partial charge in [0.15, 0.2) is 5.79 Å². The highest BCUT2D eigenvalue weighted by molar-refractivity contribution is 5.00. The number of ether oxygens (including phenoxy) is 2. The van der Waals surface area contributed by atoms with Gasteiger partial charge in [0.2, 0.25) is 0 Å². The smallest absolute Gasteiger partial charge is 0.170 e. The predicted molar refractivity (Wildman–Crippen MR) is 83.4 cm³/mol. The lowest BCUT2D eigenvalue weighted by atomic mass is 9.83. The molecule has 2 heterocycles. The zero-order valence-electron chi connectivity index (χ0n) is 14.0. The monoisotopic (exact) mass is 297 g/mol. The van der Waals surface area contributed by atoms with Crippen LogP contribution < -0.4 is 5.32 Å². The number of hydrogen-bond donors (Lipinski definition) is 1. The van der Waals surface area contributed by atoms with Gasteiger partial charge >= 0.3 is 0 Å². The van der Waals surface area contributed by atoms with E-state index in [1.807, 2.05) is 0 Å². The molecule has 21 heavy (non-hydrogen) atoms. The van der Waals surface area contributed by atoms with Gasteiger partial charge in [-0.25, -0.2) is 0 Å². The van der Waals surface area contributed by atoms with Crippen molar-refractivity contribution in [1.82, 2.24) is 15.1 Å². The van der Waals surface area contributed by atoms with Crippen LogP contribution in [0.25, 0.3) is 0 Å². The summed E-state index contributed by atoms with van der Waals surface area (Å²) >= 11 is 0. The summed E-state index contributed by atoms with van der Waals surface area (Å²) in [5, 5.41) is 3.53. The quantitative estimate of drug-likeness (QED) is 0.819. The summed E-state index contributed by atoms with van der Waals surface area (Å²) in [6, 6.07) is 1.05. The molecule has 1 aliphatic carbocycles. The van der Waals surface area contributed by atoms with E-state index in [1.165, 1.54) is 0 Å². The summed E-state index contributed by atoms with van der Waals surface area (Å²) in [5.74, 6) is -0.300. The minimum absolute atomic E-state index is 0.235. The minimum Gasteiger partial charge on any atom is -0.347 e. The van der Waals surface area contributed by atoms with Crippen LogP contribution in [0.4, 0.5) is 0 Å². The van der Waals surface area contributed by atoms with Crippen LogP contribution in [-0.2, 0) is 9.47 Å². The van der Waals surface area contributed by atoms with Gasteiger partial charge < -0.3 is 14.8 Å². The Morgan fingerprint density at radius 1 is 1.14 bits per heavy atom. The second-order valence-corrected chi connectivity index (χ2v) is 7.52. The Kier molecular flexibility index (Phi) is 4.32. The molecule has 3 rings (SSSR count). The van der Waals surface area contributed by atoms with Crippen LogP contribution in [0.2, 0.25) is 0 Å². The molecule has 0 aromatic rings. The average molecular weight is 297 g/mol. The second kappa shape index (κ2) is 5.78. The van der Waals surface area contributed by atoms with E-state index in [1.54, 1.807) is 0 Å². The minimum atomic E-state index is -0.300. The third-order valence-electron chi connectivity index (χ3n) is 5.82. The molecule has 2 atom stereocenters. The third-order valence-corrected chi connectivity index (χ3v) is 5.82. The summed E-state index contributed by atoms with van der Waals surface area (Å²) < 4.78 is 12.0. The standard InChI is InChI=1S/C16H31N3O2/c1-15(2)12-19(8-7-18(15)4)14-11-16(20-9-10-21-16)6-5-13(14)17-3/h13-14,17H,5-12H2,1-4H3. The Labute approximate surface area is 128 Å². The van der Waals surface area contributed by atoms with Crippen molar-refractivity contribution in [1.29, 1.82) is 0 Å². The molecule has 0 radical (unpaired) electrons. The van der Waals surface area contributed by atoms with E-state index in [9.17, 15) is 0 Å².